The van der Waals surface area contributed by atoms with Gasteiger partial charge in [0.15, 0.2) is 0 Å². The maximum absolute atomic E-state index is 12.4. The quantitative estimate of drug-likeness (QED) is 0.631. The topological polar surface area (TPSA) is 49.4 Å². The van der Waals surface area contributed by atoms with Gasteiger partial charge < -0.3 is 10.2 Å². The lowest BCUT2D eigenvalue weighted by atomic mass is 9.47. The molecule has 0 bridgehead atoms. The van der Waals surface area contributed by atoms with Gasteiger partial charge in [0.1, 0.15) is 0 Å². The summed E-state index contributed by atoms with van der Waals surface area (Å²) in [6.45, 7) is 6.58. The number of fused-ring (bicyclic) bond motifs is 5. The number of hydrogen-bond acceptors (Lipinski definition) is 2. The molecule has 32 heavy (non-hydrogen) atoms. The van der Waals surface area contributed by atoms with Crippen molar-refractivity contribution in [3.63, 3.8) is 0 Å². The molecule has 5 rings (SSSR count). The molecule has 1 N–H and O–H groups in total. The summed E-state index contributed by atoms with van der Waals surface area (Å²) in [6, 6.07) is 8.70. The van der Waals surface area contributed by atoms with Gasteiger partial charge in [-0.3, -0.25) is 9.59 Å². The molecular weight excluding hydrogens is 396 g/mol. The van der Waals surface area contributed by atoms with Crippen LogP contribution in [0.5, 0.6) is 0 Å². The van der Waals surface area contributed by atoms with E-state index in [2.05, 4.69) is 42.3 Å². The molecule has 172 valence electrons. The van der Waals surface area contributed by atoms with Crippen molar-refractivity contribution < 1.29 is 9.59 Å². The molecule has 0 spiro atoms. The lowest BCUT2D eigenvalue weighted by Gasteiger charge is -2.61. The zero-order chi connectivity index (χ0) is 22.7. The Morgan fingerprint density at radius 2 is 1.78 bits per heavy atom. The van der Waals surface area contributed by atoms with Crippen LogP contribution in [0.1, 0.15) is 77.7 Å². The first kappa shape index (κ1) is 21.7. The summed E-state index contributed by atoms with van der Waals surface area (Å²) in [4.78, 5) is 25.8. The van der Waals surface area contributed by atoms with Crippen LogP contribution in [-0.2, 0) is 9.59 Å². The van der Waals surface area contributed by atoms with E-state index < -0.39 is 0 Å². The molecule has 1 aromatic rings. The summed E-state index contributed by atoms with van der Waals surface area (Å²) in [6.07, 6.45) is 11.8. The first-order chi connectivity index (χ1) is 15.2. The molecule has 1 aromatic carbocycles. The third-order valence-electron chi connectivity index (χ3n) is 9.98. The van der Waals surface area contributed by atoms with Crippen LogP contribution in [-0.4, -0.2) is 29.8 Å². The molecule has 4 aliphatic rings. The maximum Gasteiger partial charge on any atom is 0.222 e. The van der Waals surface area contributed by atoms with E-state index in [9.17, 15) is 9.59 Å². The third kappa shape index (κ3) is 3.33. The van der Waals surface area contributed by atoms with Crippen molar-refractivity contribution in [1.82, 2.24) is 4.90 Å². The standard InChI is InChI=1S/C28H38N2O2/c1-18(31)29-21-8-5-19(6-9-21)17-20-7-11-23-22-10-12-25-28(3,16-14-26(32)30(25)4)24(22)13-15-27(20,23)2/h5-6,8-9,17,22-25H,7,10-16H2,1-4H3,(H,29,31)/b20-17+/t22-,23-,24-,25+,27+,28+/m0/s1. The summed E-state index contributed by atoms with van der Waals surface area (Å²) in [5.41, 5.74) is 4.31. The zero-order valence-electron chi connectivity index (χ0n) is 20.1. The fraction of sp³-hybridized carbons (Fsp3) is 0.643. The highest BCUT2D eigenvalue weighted by Gasteiger charge is 2.59. The van der Waals surface area contributed by atoms with Crippen LogP contribution in [0.3, 0.4) is 0 Å². The second-order valence-electron chi connectivity index (χ2n) is 11.4. The van der Waals surface area contributed by atoms with E-state index in [0.29, 0.717) is 22.8 Å². The molecule has 2 amide bonds. The molecule has 4 nitrogen and oxygen atoms in total. The Labute approximate surface area is 192 Å². The Balaban J connectivity index is 1.38. The Morgan fingerprint density at radius 1 is 1.03 bits per heavy atom. The average Bonchev–Trinajstić information content (AvgIpc) is 3.08. The number of piperidine rings is 1. The number of nitrogens with one attached hydrogen (secondary N) is 1. The molecular formula is C28H38N2O2. The smallest absolute Gasteiger partial charge is 0.222 e. The number of allylic oxidation sites excluding steroid dienone is 1. The van der Waals surface area contributed by atoms with Crippen molar-refractivity contribution in [2.24, 2.45) is 28.6 Å². The number of carbonyl (C=O) groups is 2. The number of likely N-dealkylation sites (tertiary alicyclic amines) is 1. The maximum atomic E-state index is 12.4. The Hall–Kier alpha value is -2.10. The van der Waals surface area contributed by atoms with Gasteiger partial charge >= 0.3 is 0 Å². The van der Waals surface area contributed by atoms with E-state index in [0.717, 1.165) is 36.3 Å². The van der Waals surface area contributed by atoms with Gasteiger partial charge in [0.2, 0.25) is 11.8 Å². The first-order valence-electron chi connectivity index (χ1n) is 12.6. The van der Waals surface area contributed by atoms with Gasteiger partial charge in [0.05, 0.1) is 0 Å². The lowest BCUT2D eigenvalue weighted by Crippen LogP contribution is -2.61. The lowest BCUT2D eigenvalue weighted by molar-refractivity contribution is -0.156. The highest BCUT2D eigenvalue weighted by molar-refractivity contribution is 5.88. The SMILES string of the molecule is CC(=O)Nc1ccc(/C=C2\CC[C@H]3[C@@H]4CC[C@H]5N(C)C(=O)CC[C@]5(C)[C@H]4CC[C@]23C)cc1. The summed E-state index contributed by atoms with van der Waals surface area (Å²) < 4.78 is 0. The normalized spacial score (nSPS) is 39.9. The molecule has 6 atom stereocenters. The molecule has 0 radical (unpaired) electrons. The van der Waals surface area contributed by atoms with Crippen LogP contribution in [0.25, 0.3) is 6.08 Å². The second kappa shape index (κ2) is 7.74. The van der Waals surface area contributed by atoms with E-state index in [1.807, 2.05) is 19.2 Å². The predicted molar refractivity (Wildman–Crippen MR) is 129 cm³/mol. The van der Waals surface area contributed by atoms with Crippen molar-refractivity contribution in [2.45, 2.75) is 78.2 Å². The van der Waals surface area contributed by atoms with Crippen LogP contribution in [0.4, 0.5) is 5.69 Å². The van der Waals surface area contributed by atoms with Gasteiger partial charge in [0, 0.05) is 32.1 Å². The highest BCUT2D eigenvalue weighted by Crippen LogP contribution is 2.66. The fourth-order valence-electron chi connectivity index (χ4n) is 8.30. The van der Waals surface area contributed by atoms with Gasteiger partial charge in [-0.25, -0.2) is 0 Å². The van der Waals surface area contributed by atoms with Crippen LogP contribution < -0.4 is 5.32 Å². The largest absolute Gasteiger partial charge is 0.342 e. The van der Waals surface area contributed by atoms with Crippen LogP contribution >= 0.6 is 0 Å². The summed E-state index contributed by atoms with van der Waals surface area (Å²) >= 11 is 0. The van der Waals surface area contributed by atoms with Crippen LogP contribution in [0.15, 0.2) is 29.8 Å². The predicted octanol–water partition coefficient (Wildman–Crippen LogP) is 5.89. The van der Waals surface area contributed by atoms with E-state index in [1.54, 1.807) is 12.5 Å². The molecule has 4 fully saturated rings. The Bertz CT molecular complexity index is 951. The van der Waals surface area contributed by atoms with Crippen molar-refractivity contribution >= 4 is 23.6 Å². The summed E-state index contributed by atoms with van der Waals surface area (Å²) in [5.74, 6) is 2.64. The minimum Gasteiger partial charge on any atom is -0.342 e. The van der Waals surface area contributed by atoms with Gasteiger partial charge in [-0.15, -0.1) is 0 Å². The third-order valence-corrected chi connectivity index (χ3v) is 9.98. The number of anilines is 1. The van der Waals surface area contributed by atoms with E-state index in [4.69, 9.17) is 0 Å². The first-order valence-corrected chi connectivity index (χ1v) is 12.6. The van der Waals surface area contributed by atoms with Gasteiger partial charge in [-0.05, 0) is 91.2 Å². The molecule has 0 unspecified atom stereocenters. The van der Waals surface area contributed by atoms with Crippen molar-refractivity contribution in [3.05, 3.63) is 35.4 Å². The van der Waals surface area contributed by atoms with Crippen molar-refractivity contribution in [2.75, 3.05) is 12.4 Å². The number of nitrogens with zero attached hydrogens (tertiary/aromatic N) is 1. The van der Waals surface area contributed by atoms with E-state index in [1.165, 1.54) is 44.1 Å². The molecule has 1 saturated heterocycles. The van der Waals surface area contributed by atoms with E-state index in [-0.39, 0.29) is 5.91 Å². The molecule has 4 heteroatoms. The monoisotopic (exact) mass is 434 g/mol. The number of rotatable bonds is 2. The van der Waals surface area contributed by atoms with Crippen molar-refractivity contribution in [3.8, 4) is 0 Å². The van der Waals surface area contributed by atoms with Gasteiger partial charge in [-0.1, -0.05) is 37.6 Å². The zero-order valence-corrected chi connectivity index (χ0v) is 20.1. The number of benzene rings is 1. The summed E-state index contributed by atoms with van der Waals surface area (Å²) in [7, 11) is 2.05. The van der Waals surface area contributed by atoms with Crippen molar-refractivity contribution in [1.29, 1.82) is 0 Å². The van der Waals surface area contributed by atoms with Crippen LogP contribution in [0.2, 0.25) is 0 Å². The molecule has 3 saturated carbocycles. The number of amides is 2. The summed E-state index contributed by atoms with van der Waals surface area (Å²) in [5, 5.41) is 2.86. The van der Waals surface area contributed by atoms with Gasteiger partial charge in [0.25, 0.3) is 0 Å². The number of hydrogen-bond donors (Lipinski definition) is 1. The molecule has 1 heterocycles. The van der Waals surface area contributed by atoms with E-state index >= 15 is 0 Å². The Morgan fingerprint density at radius 3 is 2.50 bits per heavy atom. The number of carbonyl (C=O) groups excluding carboxylic acids is 2. The second-order valence-corrected chi connectivity index (χ2v) is 11.4. The highest BCUT2D eigenvalue weighted by atomic mass is 16.2. The molecule has 0 aromatic heterocycles. The molecule has 1 aliphatic heterocycles. The average molecular weight is 435 g/mol. The minimum absolute atomic E-state index is 0.0315. The fourth-order valence-corrected chi connectivity index (χ4v) is 8.30. The van der Waals surface area contributed by atoms with Gasteiger partial charge in [-0.2, -0.15) is 0 Å². The molecule has 3 aliphatic carbocycles. The van der Waals surface area contributed by atoms with Crippen LogP contribution in [0, 0.1) is 28.6 Å². The Kier molecular flexibility index (Phi) is 5.26. The minimum atomic E-state index is -0.0315.